The van der Waals surface area contributed by atoms with E-state index in [-0.39, 0.29) is 17.4 Å². The molecular formula is C24H28F3N3O. The van der Waals surface area contributed by atoms with E-state index in [0.29, 0.717) is 18.2 Å². The van der Waals surface area contributed by atoms with E-state index >= 15 is 0 Å². The quantitative estimate of drug-likeness (QED) is 0.726. The van der Waals surface area contributed by atoms with Crippen LogP contribution < -0.4 is 10.2 Å². The molecule has 7 heteroatoms. The highest BCUT2D eigenvalue weighted by Crippen LogP contribution is 2.51. The Labute approximate surface area is 181 Å². The third-order valence-electron chi connectivity index (χ3n) is 6.49. The van der Waals surface area contributed by atoms with Gasteiger partial charge in [-0.2, -0.15) is 13.2 Å². The van der Waals surface area contributed by atoms with Crippen LogP contribution in [-0.2, 0) is 11.0 Å². The third-order valence-corrected chi connectivity index (χ3v) is 6.49. The van der Waals surface area contributed by atoms with E-state index in [2.05, 4.69) is 29.2 Å². The van der Waals surface area contributed by atoms with Gasteiger partial charge in [0.2, 0.25) is 5.91 Å². The van der Waals surface area contributed by atoms with Gasteiger partial charge >= 0.3 is 6.18 Å². The van der Waals surface area contributed by atoms with Crippen LogP contribution in [0.25, 0.3) is 0 Å². The van der Waals surface area contributed by atoms with Gasteiger partial charge in [0.1, 0.15) is 0 Å². The molecule has 0 radical (unpaired) electrons. The van der Waals surface area contributed by atoms with Gasteiger partial charge in [-0.05, 0) is 75.2 Å². The minimum Gasteiger partial charge on any atom is -0.371 e. The molecule has 0 bridgehead atoms. The Morgan fingerprint density at radius 3 is 2.29 bits per heavy atom. The average molecular weight is 432 g/mol. The first-order valence-electron chi connectivity index (χ1n) is 10.7. The predicted molar refractivity (Wildman–Crippen MR) is 116 cm³/mol. The van der Waals surface area contributed by atoms with Crippen molar-refractivity contribution in [3.05, 3.63) is 59.7 Å². The molecule has 166 valence electrons. The zero-order valence-electron chi connectivity index (χ0n) is 17.8. The monoisotopic (exact) mass is 431 g/mol. The van der Waals surface area contributed by atoms with Gasteiger partial charge in [0, 0.05) is 36.4 Å². The maximum absolute atomic E-state index is 13.3. The topological polar surface area (TPSA) is 35.6 Å². The first kappa shape index (κ1) is 21.7. The highest BCUT2D eigenvalue weighted by atomic mass is 19.4. The molecule has 0 unspecified atom stereocenters. The molecule has 1 N–H and O–H groups in total. The van der Waals surface area contributed by atoms with Gasteiger partial charge in [-0.3, -0.25) is 4.79 Å². The number of carbonyl (C=O) groups is 1. The van der Waals surface area contributed by atoms with Crippen LogP contribution in [0, 0.1) is 5.92 Å². The summed E-state index contributed by atoms with van der Waals surface area (Å²) >= 11 is 0. The smallest absolute Gasteiger partial charge is 0.371 e. The lowest BCUT2D eigenvalue weighted by molar-refractivity contribution is -0.138. The molecule has 0 spiro atoms. The van der Waals surface area contributed by atoms with E-state index in [0.717, 1.165) is 37.7 Å². The molecule has 1 heterocycles. The Balaban J connectivity index is 1.35. The number of hydrogen-bond acceptors (Lipinski definition) is 3. The fourth-order valence-electron chi connectivity index (χ4n) is 4.54. The molecule has 2 aromatic carbocycles. The van der Waals surface area contributed by atoms with Crippen molar-refractivity contribution in [1.29, 1.82) is 0 Å². The summed E-state index contributed by atoms with van der Waals surface area (Å²) < 4.78 is 39.8. The fraction of sp³-hybridized carbons (Fsp3) is 0.458. The van der Waals surface area contributed by atoms with Crippen molar-refractivity contribution < 1.29 is 18.0 Å². The molecule has 31 heavy (non-hydrogen) atoms. The number of halogens is 3. The molecular weight excluding hydrogens is 403 g/mol. The number of nitrogens with zero attached hydrogens (tertiary/aromatic N) is 2. The van der Waals surface area contributed by atoms with Crippen molar-refractivity contribution in [2.24, 2.45) is 5.92 Å². The maximum Gasteiger partial charge on any atom is 0.416 e. The molecule has 1 saturated carbocycles. The summed E-state index contributed by atoms with van der Waals surface area (Å²) in [5.41, 5.74) is 1.37. The summed E-state index contributed by atoms with van der Waals surface area (Å²) in [7, 11) is 4.23. The standard InChI is InChI=1S/C24H28F3N3O/c1-29(2)17-11-13-30(14-12-17)18-9-7-16(8-10-18)28-23(31)21-15-20(21)19-5-3-4-6-22(19)24(25,26)27/h3-10,17,20-21H,11-15H2,1-2H3,(H,28,31)/t20-,21-/m0/s1. The predicted octanol–water partition coefficient (Wildman–Crippen LogP) is 4.98. The van der Waals surface area contributed by atoms with Crippen LogP contribution in [-0.4, -0.2) is 44.0 Å². The van der Waals surface area contributed by atoms with Gasteiger partial charge in [-0.1, -0.05) is 18.2 Å². The van der Waals surface area contributed by atoms with Crippen molar-refractivity contribution in [1.82, 2.24) is 4.90 Å². The number of anilines is 2. The SMILES string of the molecule is CN(C)C1CCN(c2ccc(NC(=O)[C@H]3C[C@H]3c3ccccc3C(F)(F)F)cc2)CC1. The maximum atomic E-state index is 13.3. The Bertz CT molecular complexity index is 918. The van der Waals surface area contributed by atoms with E-state index in [1.54, 1.807) is 6.07 Å². The van der Waals surface area contributed by atoms with E-state index in [1.165, 1.54) is 12.1 Å². The molecule has 2 aliphatic rings. The van der Waals surface area contributed by atoms with E-state index < -0.39 is 17.7 Å². The summed E-state index contributed by atoms with van der Waals surface area (Å²) in [4.78, 5) is 17.2. The average Bonchev–Trinajstić information content (AvgIpc) is 3.55. The molecule has 0 aromatic heterocycles. The lowest BCUT2D eigenvalue weighted by Crippen LogP contribution is -2.41. The minimum atomic E-state index is -4.41. The van der Waals surface area contributed by atoms with Gasteiger partial charge < -0.3 is 15.1 Å². The number of benzene rings is 2. The zero-order chi connectivity index (χ0) is 22.2. The number of amides is 1. The fourth-order valence-corrected chi connectivity index (χ4v) is 4.54. The van der Waals surface area contributed by atoms with Gasteiger partial charge in [-0.15, -0.1) is 0 Å². The van der Waals surface area contributed by atoms with Gasteiger partial charge in [0.05, 0.1) is 5.56 Å². The van der Waals surface area contributed by atoms with Crippen molar-refractivity contribution in [3.63, 3.8) is 0 Å². The van der Waals surface area contributed by atoms with Crippen LogP contribution in [0.5, 0.6) is 0 Å². The molecule has 2 aromatic rings. The zero-order valence-corrected chi connectivity index (χ0v) is 17.8. The first-order valence-corrected chi connectivity index (χ1v) is 10.7. The third kappa shape index (κ3) is 4.87. The normalized spacial score (nSPS) is 21.9. The lowest BCUT2D eigenvalue weighted by atomic mass is 10.0. The largest absolute Gasteiger partial charge is 0.416 e. The van der Waals surface area contributed by atoms with E-state index in [1.807, 2.05) is 24.3 Å². The van der Waals surface area contributed by atoms with Crippen LogP contribution >= 0.6 is 0 Å². The summed E-state index contributed by atoms with van der Waals surface area (Å²) in [5.74, 6) is -1.02. The Morgan fingerprint density at radius 2 is 1.68 bits per heavy atom. The second-order valence-corrected chi connectivity index (χ2v) is 8.75. The molecule has 1 aliphatic heterocycles. The lowest BCUT2D eigenvalue weighted by Gasteiger charge is -2.36. The first-order chi connectivity index (χ1) is 14.7. The Morgan fingerprint density at radius 1 is 1.03 bits per heavy atom. The number of alkyl halides is 3. The second-order valence-electron chi connectivity index (χ2n) is 8.75. The highest BCUT2D eigenvalue weighted by molar-refractivity contribution is 5.95. The summed E-state index contributed by atoms with van der Waals surface area (Å²) in [6.45, 7) is 1.99. The minimum absolute atomic E-state index is 0.214. The number of hydrogen-bond donors (Lipinski definition) is 1. The van der Waals surface area contributed by atoms with Crippen LogP contribution in [0.15, 0.2) is 48.5 Å². The number of nitrogens with one attached hydrogen (secondary N) is 1. The van der Waals surface area contributed by atoms with Crippen LogP contribution in [0.1, 0.15) is 36.3 Å². The Hall–Kier alpha value is -2.54. The molecule has 2 fully saturated rings. The van der Waals surface area contributed by atoms with E-state index in [4.69, 9.17) is 0 Å². The highest BCUT2D eigenvalue weighted by Gasteiger charge is 2.47. The second kappa shape index (κ2) is 8.54. The van der Waals surface area contributed by atoms with Gasteiger partial charge in [-0.25, -0.2) is 0 Å². The summed E-state index contributed by atoms with van der Waals surface area (Å²) in [5, 5.41) is 2.87. The van der Waals surface area contributed by atoms with Gasteiger partial charge in [0.15, 0.2) is 0 Å². The molecule has 4 nitrogen and oxygen atoms in total. The Kier molecular flexibility index (Phi) is 5.97. The number of piperidine rings is 1. The van der Waals surface area contributed by atoms with Crippen molar-refractivity contribution in [2.75, 3.05) is 37.4 Å². The van der Waals surface area contributed by atoms with E-state index in [9.17, 15) is 18.0 Å². The summed E-state index contributed by atoms with van der Waals surface area (Å²) in [6.07, 6.45) is -1.73. The molecule has 1 saturated heterocycles. The van der Waals surface area contributed by atoms with Crippen LogP contribution in [0.4, 0.5) is 24.5 Å². The van der Waals surface area contributed by atoms with Crippen molar-refractivity contribution in [2.45, 2.75) is 37.4 Å². The van der Waals surface area contributed by atoms with Crippen LogP contribution in [0.2, 0.25) is 0 Å². The molecule has 4 rings (SSSR count). The number of rotatable bonds is 5. The van der Waals surface area contributed by atoms with Crippen LogP contribution in [0.3, 0.4) is 0 Å². The molecule has 1 aliphatic carbocycles. The molecule has 2 atom stereocenters. The van der Waals surface area contributed by atoms with Crippen molar-refractivity contribution >= 4 is 17.3 Å². The molecule has 1 amide bonds. The van der Waals surface area contributed by atoms with Crippen molar-refractivity contribution in [3.8, 4) is 0 Å². The number of carbonyl (C=O) groups excluding carboxylic acids is 1. The summed E-state index contributed by atoms with van der Waals surface area (Å²) in [6, 6.07) is 13.9. The van der Waals surface area contributed by atoms with Gasteiger partial charge in [0.25, 0.3) is 0 Å².